The first kappa shape index (κ1) is 11.4. The van der Waals surface area contributed by atoms with E-state index in [2.05, 4.69) is 30.6 Å². The Morgan fingerprint density at radius 2 is 2.24 bits per heavy atom. The molecule has 0 saturated carbocycles. The molecule has 0 aliphatic carbocycles. The Labute approximate surface area is 112 Å². The van der Waals surface area contributed by atoms with Crippen molar-refractivity contribution in [3.8, 4) is 0 Å². The van der Waals surface area contributed by atoms with Crippen LogP contribution in [0, 0.1) is 0 Å². The molecule has 1 aliphatic heterocycles. The van der Waals surface area contributed by atoms with E-state index in [1.807, 2.05) is 12.3 Å². The number of ether oxygens (including phenoxy) is 1. The number of hydrogen-bond acceptors (Lipinski definition) is 5. The first-order valence-corrected chi connectivity index (χ1v) is 7.15. The summed E-state index contributed by atoms with van der Waals surface area (Å²) in [5.41, 5.74) is 1.91. The second kappa shape index (κ2) is 4.88. The number of nitrogens with one attached hydrogen (secondary N) is 1. The highest BCUT2D eigenvalue weighted by Crippen LogP contribution is 2.29. The smallest absolute Gasteiger partial charge is 0.136 e. The Kier molecular flexibility index (Phi) is 3.26. The fraction of sp³-hybridized carbons (Fsp3) is 0.455. The summed E-state index contributed by atoms with van der Waals surface area (Å²) >= 11 is 4.89. The molecule has 3 rings (SSSR count). The minimum atomic E-state index is 0.484. The summed E-state index contributed by atoms with van der Waals surface area (Å²) in [5, 5.41) is 4.59. The highest BCUT2D eigenvalue weighted by Gasteiger charge is 2.16. The molecule has 1 aliphatic rings. The summed E-state index contributed by atoms with van der Waals surface area (Å²) in [6.45, 7) is 1.68. The van der Waals surface area contributed by atoms with Crippen molar-refractivity contribution < 1.29 is 4.74 Å². The van der Waals surface area contributed by atoms with E-state index in [9.17, 15) is 0 Å². The number of anilines is 1. The lowest BCUT2D eigenvalue weighted by molar-refractivity contribution is 0.0905. The van der Waals surface area contributed by atoms with E-state index in [1.54, 1.807) is 0 Å². The molecule has 0 spiro atoms. The summed E-state index contributed by atoms with van der Waals surface area (Å²) in [6, 6.07) is 2.48. The van der Waals surface area contributed by atoms with Crippen molar-refractivity contribution in [3.05, 3.63) is 16.7 Å². The molecule has 17 heavy (non-hydrogen) atoms. The Morgan fingerprint density at radius 1 is 1.41 bits per heavy atom. The van der Waals surface area contributed by atoms with Crippen molar-refractivity contribution in [1.29, 1.82) is 0 Å². The third kappa shape index (κ3) is 2.43. The molecule has 0 bridgehead atoms. The lowest BCUT2D eigenvalue weighted by Crippen LogP contribution is -2.27. The highest BCUT2D eigenvalue weighted by molar-refractivity contribution is 9.10. The van der Waals surface area contributed by atoms with Crippen LogP contribution in [0.15, 0.2) is 16.7 Å². The summed E-state index contributed by atoms with van der Waals surface area (Å²) in [4.78, 5) is 4.41. The zero-order valence-corrected chi connectivity index (χ0v) is 11.6. The van der Waals surface area contributed by atoms with Gasteiger partial charge in [-0.05, 0) is 46.4 Å². The number of aromatic nitrogens is 2. The molecule has 2 aromatic heterocycles. The summed E-state index contributed by atoms with van der Waals surface area (Å²) in [7, 11) is 0. The van der Waals surface area contributed by atoms with Gasteiger partial charge in [0.15, 0.2) is 0 Å². The molecule has 2 aromatic rings. The summed E-state index contributed by atoms with van der Waals surface area (Å²) in [5.74, 6) is 0. The van der Waals surface area contributed by atoms with Gasteiger partial charge in [-0.1, -0.05) is 0 Å². The van der Waals surface area contributed by atoms with E-state index < -0.39 is 0 Å². The fourth-order valence-corrected chi connectivity index (χ4v) is 3.04. The maximum absolute atomic E-state index is 5.35. The van der Waals surface area contributed by atoms with Gasteiger partial charge < -0.3 is 10.1 Å². The maximum Gasteiger partial charge on any atom is 0.136 e. The normalized spacial score (nSPS) is 17.5. The van der Waals surface area contributed by atoms with E-state index in [-0.39, 0.29) is 0 Å². The van der Waals surface area contributed by atoms with Crippen LogP contribution < -0.4 is 5.32 Å². The van der Waals surface area contributed by atoms with E-state index in [0.717, 1.165) is 46.6 Å². The van der Waals surface area contributed by atoms with Crippen molar-refractivity contribution in [3.63, 3.8) is 0 Å². The van der Waals surface area contributed by atoms with Crippen molar-refractivity contribution in [2.75, 3.05) is 18.5 Å². The van der Waals surface area contributed by atoms with Gasteiger partial charge in [-0.2, -0.15) is 4.37 Å². The first-order valence-electron chi connectivity index (χ1n) is 5.58. The third-order valence-corrected chi connectivity index (χ3v) is 4.06. The van der Waals surface area contributed by atoms with Gasteiger partial charge in [0.1, 0.15) is 16.0 Å². The topological polar surface area (TPSA) is 47.0 Å². The average molecular weight is 314 g/mol. The van der Waals surface area contributed by atoms with Gasteiger partial charge in [0, 0.05) is 29.9 Å². The van der Waals surface area contributed by atoms with Crippen LogP contribution in [-0.2, 0) is 4.74 Å². The lowest BCUT2D eigenvalue weighted by atomic mass is 10.1. The van der Waals surface area contributed by atoms with Gasteiger partial charge in [-0.15, -0.1) is 0 Å². The quantitative estimate of drug-likeness (QED) is 0.925. The molecule has 90 valence electrons. The van der Waals surface area contributed by atoms with Crippen molar-refractivity contribution in [1.82, 2.24) is 9.36 Å². The van der Waals surface area contributed by atoms with Gasteiger partial charge in [-0.25, -0.2) is 0 Å². The van der Waals surface area contributed by atoms with Gasteiger partial charge in [0.05, 0.1) is 0 Å². The molecular formula is C11H12BrN3OS. The molecule has 6 heteroatoms. The van der Waals surface area contributed by atoms with E-state index in [0.29, 0.717) is 6.04 Å². The molecule has 1 N–H and O–H groups in total. The number of hydrogen-bond donors (Lipinski definition) is 1. The zero-order valence-electron chi connectivity index (χ0n) is 9.15. The van der Waals surface area contributed by atoms with Crippen LogP contribution in [0.5, 0.6) is 0 Å². The van der Waals surface area contributed by atoms with Gasteiger partial charge >= 0.3 is 0 Å². The van der Waals surface area contributed by atoms with Crippen molar-refractivity contribution >= 4 is 43.5 Å². The number of pyridine rings is 1. The van der Waals surface area contributed by atoms with Gasteiger partial charge in [-0.3, -0.25) is 4.98 Å². The molecule has 0 unspecified atom stereocenters. The van der Waals surface area contributed by atoms with Crippen LogP contribution >= 0.6 is 27.5 Å². The minimum absolute atomic E-state index is 0.484. The van der Waals surface area contributed by atoms with Gasteiger partial charge in [0.2, 0.25) is 0 Å². The predicted molar refractivity (Wildman–Crippen MR) is 72.6 cm³/mol. The summed E-state index contributed by atoms with van der Waals surface area (Å²) < 4.78 is 10.7. The van der Waals surface area contributed by atoms with Crippen LogP contribution in [0.2, 0.25) is 0 Å². The summed E-state index contributed by atoms with van der Waals surface area (Å²) in [6.07, 6.45) is 3.91. The molecule has 0 amide bonds. The van der Waals surface area contributed by atoms with E-state index in [4.69, 9.17) is 4.74 Å². The van der Waals surface area contributed by atoms with Crippen LogP contribution in [0.25, 0.3) is 11.0 Å². The third-order valence-electron chi connectivity index (χ3n) is 2.84. The molecule has 0 atom stereocenters. The second-order valence-corrected chi connectivity index (χ2v) is 5.75. The molecular weight excluding hydrogens is 302 g/mol. The molecule has 1 fully saturated rings. The molecule has 0 radical (unpaired) electrons. The highest BCUT2D eigenvalue weighted by atomic mass is 79.9. The monoisotopic (exact) mass is 313 g/mol. The van der Waals surface area contributed by atoms with Crippen molar-refractivity contribution in [2.45, 2.75) is 18.9 Å². The Balaban J connectivity index is 1.84. The molecule has 1 saturated heterocycles. The van der Waals surface area contributed by atoms with Crippen LogP contribution in [0.3, 0.4) is 0 Å². The number of fused-ring (bicyclic) bond motifs is 1. The minimum Gasteiger partial charge on any atom is -0.381 e. The standard InChI is InChI=1S/C11H12BrN3OS/c12-7-5-9-10(13-6-7)11(17-15-9)14-8-1-3-16-4-2-8/h5-6,8,14H,1-4H2. The maximum atomic E-state index is 5.35. The zero-order chi connectivity index (χ0) is 11.7. The largest absolute Gasteiger partial charge is 0.381 e. The van der Waals surface area contributed by atoms with Gasteiger partial charge in [0.25, 0.3) is 0 Å². The lowest BCUT2D eigenvalue weighted by Gasteiger charge is -2.23. The fourth-order valence-electron chi connectivity index (χ4n) is 1.93. The molecule has 0 aromatic carbocycles. The van der Waals surface area contributed by atoms with Crippen LogP contribution in [0.1, 0.15) is 12.8 Å². The SMILES string of the molecule is Brc1cnc2c(NC3CCOCC3)snc2c1. The Hall–Kier alpha value is -0.720. The second-order valence-electron chi connectivity index (χ2n) is 4.06. The number of halogens is 1. The van der Waals surface area contributed by atoms with E-state index in [1.165, 1.54) is 11.5 Å². The molecule has 3 heterocycles. The van der Waals surface area contributed by atoms with E-state index >= 15 is 0 Å². The Morgan fingerprint density at radius 3 is 3.06 bits per heavy atom. The van der Waals surface area contributed by atoms with Crippen LogP contribution in [-0.4, -0.2) is 28.6 Å². The molecule has 4 nitrogen and oxygen atoms in total. The predicted octanol–water partition coefficient (Wildman–Crippen LogP) is 3.04. The number of rotatable bonds is 2. The average Bonchev–Trinajstić information content (AvgIpc) is 2.73. The number of nitrogens with zero attached hydrogens (tertiary/aromatic N) is 2. The van der Waals surface area contributed by atoms with Crippen LogP contribution in [0.4, 0.5) is 5.00 Å². The van der Waals surface area contributed by atoms with Crippen molar-refractivity contribution in [2.24, 2.45) is 0 Å². The first-order chi connectivity index (χ1) is 8.33. The Bertz CT molecular complexity index is 524.